The number of benzene rings is 1. The molecule has 1 N–H and O–H groups in total. The number of fused-ring (bicyclic) bond motifs is 1. The fourth-order valence-corrected chi connectivity index (χ4v) is 6.80. The summed E-state index contributed by atoms with van der Waals surface area (Å²) in [5, 5.41) is 3.02. The summed E-state index contributed by atoms with van der Waals surface area (Å²) in [6, 6.07) is 2.21. The molecule has 0 bridgehead atoms. The van der Waals surface area contributed by atoms with Crippen LogP contribution in [0.3, 0.4) is 0 Å². The predicted molar refractivity (Wildman–Crippen MR) is 154 cm³/mol. The van der Waals surface area contributed by atoms with Crippen molar-refractivity contribution in [2.24, 2.45) is 0 Å². The van der Waals surface area contributed by atoms with Crippen LogP contribution in [0.4, 0.5) is 9.52 Å². The van der Waals surface area contributed by atoms with Gasteiger partial charge >= 0.3 is 0 Å². The molecule has 5 rings (SSSR count). The van der Waals surface area contributed by atoms with Crippen LogP contribution in [0.15, 0.2) is 18.2 Å². The quantitative estimate of drug-likeness (QED) is 0.479. The lowest BCUT2D eigenvalue weighted by molar-refractivity contribution is -0.144. The number of alkyl halides is 1. The fourth-order valence-electron chi connectivity index (χ4n) is 5.47. The molecule has 41 heavy (non-hydrogen) atoms. The lowest BCUT2D eigenvalue weighted by Gasteiger charge is -2.36. The van der Waals surface area contributed by atoms with Crippen molar-refractivity contribution in [3.8, 4) is 11.3 Å². The highest BCUT2D eigenvalue weighted by molar-refractivity contribution is 7.16. The van der Waals surface area contributed by atoms with E-state index in [1.54, 1.807) is 13.8 Å². The normalized spacial score (nSPS) is 24.1. The number of nitrogens with zero attached hydrogens (tertiary/aromatic N) is 4. The van der Waals surface area contributed by atoms with E-state index < -0.39 is 46.8 Å². The Bertz CT molecular complexity index is 1350. The molecular weight excluding hydrogens is 573 g/mol. The first-order valence-corrected chi connectivity index (χ1v) is 14.8. The number of aryl methyl sites for hydroxylation is 1. The summed E-state index contributed by atoms with van der Waals surface area (Å²) in [5.74, 6) is -2.00. The molecule has 0 spiro atoms. The van der Waals surface area contributed by atoms with Crippen LogP contribution in [0.5, 0.6) is 0 Å². The molecule has 0 saturated carbocycles. The van der Waals surface area contributed by atoms with Crippen LogP contribution < -0.4 is 10.2 Å². The molecular formula is C28H35ClFN5O5S. The van der Waals surface area contributed by atoms with Gasteiger partial charge in [0.2, 0.25) is 5.91 Å². The van der Waals surface area contributed by atoms with Gasteiger partial charge in [-0.3, -0.25) is 14.4 Å². The molecule has 3 aliphatic heterocycles. The van der Waals surface area contributed by atoms with Crippen LogP contribution in [0.25, 0.3) is 11.3 Å². The largest absolute Gasteiger partial charge is 0.376 e. The highest BCUT2D eigenvalue weighted by Gasteiger charge is 2.54. The molecule has 3 aliphatic rings. The molecule has 0 radical (unpaired) electrons. The number of nitrogens with one attached hydrogen (secondary N) is 1. The summed E-state index contributed by atoms with van der Waals surface area (Å²) in [4.78, 5) is 51.0. The number of ketones is 1. The Morgan fingerprint density at radius 2 is 1.98 bits per heavy atom. The maximum Gasteiger partial charge on any atom is 0.252 e. The van der Waals surface area contributed by atoms with Crippen molar-refractivity contribution < 1.29 is 28.2 Å². The number of rotatable bonds is 7. The molecule has 10 nitrogen and oxygen atoms in total. The molecule has 3 fully saturated rings. The summed E-state index contributed by atoms with van der Waals surface area (Å²) in [5.41, 5.74) is -0.260. The molecule has 222 valence electrons. The van der Waals surface area contributed by atoms with E-state index in [4.69, 9.17) is 26.1 Å². The van der Waals surface area contributed by atoms with Crippen LogP contribution in [-0.4, -0.2) is 115 Å². The van der Waals surface area contributed by atoms with Crippen molar-refractivity contribution in [2.75, 3.05) is 58.4 Å². The number of carbonyl (C=O) groups is 3. The topological polar surface area (TPSA) is 104 Å². The van der Waals surface area contributed by atoms with E-state index in [2.05, 4.69) is 22.2 Å². The number of piperazine rings is 1. The second-order valence-electron chi connectivity index (χ2n) is 11.3. The third-order valence-electron chi connectivity index (χ3n) is 8.19. The zero-order valence-corrected chi connectivity index (χ0v) is 25.4. The Balaban J connectivity index is 1.35. The zero-order valence-electron chi connectivity index (χ0n) is 23.8. The minimum Gasteiger partial charge on any atom is -0.376 e. The number of Topliss-reactive ketones (excluding diaryl/α,β-unsaturated/α-hetero) is 1. The van der Waals surface area contributed by atoms with Crippen molar-refractivity contribution in [1.82, 2.24) is 20.1 Å². The number of hydrogen-bond acceptors (Lipinski definition) is 9. The monoisotopic (exact) mass is 607 g/mol. The molecule has 4 unspecified atom stereocenters. The Morgan fingerprint density at radius 1 is 1.27 bits per heavy atom. The highest BCUT2D eigenvalue weighted by atomic mass is 35.5. The van der Waals surface area contributed by atoms with Gasteiger partial charge in [0.15, 0.2) is 10.9 Å². The summed E-state index contributed by atoms with van der Waals surface area (Å²) < 4.78 is 26.5. The van der Waals surface area contributed by atoms with Gasteiger partial charge in [0.1, 0.15) is 30.6 Å². The van der Waals surface area contributed by atoms with E-state index in [1.165, 1.54) is 35.5 Å². The van der Waals surface area contributed by atoms with Gasteiger partial charge in [-0.15, -0.1) is 22.9 Å². The average molecular weight is 608 g/mol. The van der Waals surface area contributed by atoms with Crippen LogP contribution in [0.1, 0.15) is 29.1 Å². The maximum absolute atomic E-state index is 15.5. The van der Waals surface area contributed by atoms with E-state index in [0.29, 0.717) is 11.3 Å². The smallest absolute Gasteiger partial charge is 0.252 e. The zero-order chi connectivity index (χ0) is 29.6. The Morgan fingerprint density at radius 3 is 2.63 bits per heavy atom. The lowest BCUT2D eigenvalue weighted by Crippen LogP contribution is -2.60. The van der Waals surface area contributed by atoms with Gasteiger partial charge in [0, 0.05) is 55.8 Å². The summed E-state index contributed by atoms with van der Waals surface area (Å²) in [6.07, 6.45) is -0.595. The SMILES string of the molecule is COC(C)(C)C(NC(=O)c1ccc(-c2nc(N3CCN(C)CC3)sc2C)c(F)c1)C(=O)N1CC(Cl)C2OCC(=O)C21. The fraction of sp³-hybridized carbons (Fsp3) is 0.571. The van der Waals surface area contributed by atoms with Crippen LogP contribution >= 0.6 is 22.9 Å². The molecule has 4 heterocycles. The second kappa shape index (κ2) is 11.6. The summed E-state index contributed by atoms with van der Waals surface area (Å²) in [6.45, 7) is 8.78. The number of likely N-dealkylation sites (N-methyl/N-ethyl adjacent to an activating group) is 1. The van der Waals surface area contributed by atoms with Gasteiger partial charge in [-0.1, -0.05) is 0 Å². The number of anilines is 1. The highest BCUT2D eigenvalue weighted by Crippen LogP contribution is 2.35. The van der Waals surface area contributed by atoms with Crippen LogP contribution in [0, 0.1) is 12.7 Å². The summed E-state index contributed by atoms with van der Waals surface area (Å²) in [7, 11) is 3.51. The molecule has 4 atom stereocenters. The molecule has 1 aromatic carbocycles. The van der Waals surface area contributed by atoms with E-state index in [0.717, 1.165) is 42.3 Å². The molecule has 13 heteroatoms. The minimum absolute atomic E-state index is 0.0397. The molecule has 3 saturated heterocycles. The number of aromatic nitrogens is 1. The van der Waals surface area contributed by atoms with Gasteiger partial charge < -0.3 is 29.5 Å². The van der Waals surface area contributed by atoms with E-state index in [9.17, 15) is 14.4 Å². The van der Waals surface area contributed by atoms with E-state index in [1.807, 2.05) is 6.92 Å². The van der Waals surface area contributed by atoms with Gasteiger partial charge in [-0.25, -0.2) is 9.37 Å². The Hall–Kier alpha value is -2.64. The Labute approximate surface area is 247 Å². The van der Waals surface area contributed by atoms with E-state index >= 15 is 4.39 Å². The van der Waals surface area contributed by atoms with Crippen molar-refractivity contribution in [2.45, 2.75) is 49.9 Å². The van der Waals surface area contributed by atoms with Gasteiger partial charge in [-0.2, -0.15) is 0 Å². The van der Waals surface area contributed by atoms with Crippen molar-refractivity contribution in [1.29, 1.82) is 0 Å². The predicted octanol–water partition coefficient (Wildman–Crippen LogP) is 2.32. The first-order chi connectivity index (χ1) is 19.4. The van der Waals surface area contributed by atoms with Crippen LogP contribution in [0.2, 0.25) is 0 Å². The third-order valence-corrected chi connectivity index (χ3v) is 9.61. The molecule has 2 aromatic rings. The number of hydrogen-bond donors (Lipinski definition) is 1. The van der Waals surface area contributed by atoms with Crippen molar-refractivity contribution >= 4 is 45.7 Å². The molecule has 0 aliphatic carbocycles. The first kappa shape index (κ1) is 29.8. The number of carbonyl (C=O) groups excluding carboxylic acids is 3. The van der Waals surface area contributed by atoms with Crippen molar-refractivity contribution in [3.63, 3.8) is 0 Å². The molecule has 1 aromatic heterocycles. The minimum atomic E-state index is -1.18. The third kappa shape index (κ3) is 5.72. The summed E-state index contributed by atoms with van der Waals surface area (Å²) >= 11 is 7.90. The molecule has 2 amide bonds. The Kier molecular flexibility index (Phi) is 8.41. The number of ether oxygens (including phenoxy) is 2. The number of likely N-dealkylation sites (tertiary alicyclic amines) is 1. The lowest BCUT2D eigenvalue weighted by atomic mass is 9.95. The maximum atomic E-state index is 15.5. The average Bonchev–Trinajstić information content (AvgIpc) is 3.62. The number of thiazole rings is 1. The number of halogens is 2. The van der Waals surface area contributed by atoms with E-state index in [-0.39, 0.29) is 24.5 Å². The number of methoxy groups -OCH3 is 1. The van der Waals surface area contributed by atoms with Crippen molar-refractivity contribution in [3.05, 3.63) is 34.5 Å². The van der Waals surface area contributed by atoms with Gasteiger partial charge in [0.25, 0.3) is 5.91 Å². The van der Waals surface area contributed by atoms with Gasteiger partial charge in [-0.05, 0) is 46.0 Å². The first-order valence-electron chi connectivity index (χ1n) is 13.6. The second-order valence-corrected chi connectivity index (χ2v) is 13.0. The van der Waals surface area contributed by atoms with Gasteiger partial charge in [0.05, 0.1) is 16.7 Å². The number of amides is 2. The standard InChI is InChI=1S/C28H35ClFN5O5S/c1-15-21(31-27(41-15)34-10-8-33(4)9-11-34)17-7-6-16(12-19(17)30)25(37)32-24(28(2,3)39-5)26(38)35-13-18(29)23-22(35)20(36)14-40-23/h6-7,12,18,22-24H,8-11,13-14H2,1-5H3,(H,32,37). The van der Waals surface area contributed by atoms with Crippen LogP contribution in [-0.2, 0) is 19.1 Å².